The van der Waals surface area contributed by atoms with Crippen LogP contribution in [0.25, 0.3) is 32.9 Å². The van der Waals surface area contributed by atoms with Gasteiger partial charge < -0.3 is 10.1 Å². The molecule has 0 saturated heterocycles. The van der Waals surface area contributed by atoms with Gasteiger partial charge in [0.2, 0.25) is 0 Å². The molecule has 0 amide bonds. The molecule has 0 spiro atoms. The first-order valence-corrected chi connectivity index (χ1v) is 10.3. The van der Waals surface area contributed by atoms with Crippen molar-refractivity contribution in [1.82, 2.24) is 15.6 Å². The molecule has 5 aromatic rings. The molecule has 0 aliphatic carbocycles. The zero-order valence-electron chi connectivity index (χ0n) is 17.5. The Morgan fingerprint density at radius 2 is 1.74 bits per heavy atom. The molecule has 1 N–H and O–H groups in total. The van der Waals surface area contributed by atoms with Gasteiger partial charge in [-0.1, -0.05) is 54.6 Å². The molecule has 1 heterocycles. The highest BCUT2D eigenvalue weighted by Gasteiger charge is 2.12. The molecule has 154 valence electrons. The first-order chi connectivity index (χ1) is 15.2. The Bertz CT molecular complexity index is 1350. The summed E-state index contributed by atoms with van der Waals surface area (Å²) in [6.07, 6.45) is 0. The summed E-state index contributed by atoms with van der Waals surface area (Å²) in [6, 6.07) is 27.4. The summed E-state index contributed by atoms with van der Waals surface area (Å²) >= 11 is 0. The van der Waals surface area contributed by atoms with E-state index in [4.69, 9.17) is 9.37 Å². The van der Waals surface area contributed by atoms with Crippen molar-refractivity contribution < 1.29 is 9.37 Å². The van der Waals surface area contributed by atoms with E-state index in [2.05, 4.69) is 77.2 Å². The molecule has 5 rings (SSSR count). The van der Waals surface area contributed by atoms with E-state index in [-0.39, 0.29) is 6.04 Å². The lowest BCUT2D eigenvalue weighted by Gasteiger charge is -2.18. The van der Waals surface area contributed by atoms with Crippen LogP contribution in [-0.4, -0.2) is 17.4 Å². The Balaban J connectivity index is 1.41. The first-order valence-electron chi connectivity index (χ1n) is 10.3. The topological polar surface area (TPSA) is 60.2 Å². The fourth-order valence-electron chi connectivity index (χ4n) is 4.05. The average molecular weight is 409 g/mol. The maximum Gasteiger partial charge on any atom is 0.135 e. The van der Waals surface area contributed by atoms with Gasteiger partial charge in [-0.3, -0.25) is 0 Å². The number of rotatable bonds is 6. The largest absolute Gasteiger partial charge is 0.496 e. The van der Waals surface area contributed by atoms with Gasteiger partial charge in [-0.15, -0.1) is 0 Å². The maximum absolute atomic E-state index is 5.61. The smallest absolute Gasteiger partial charge is 0.135 e. The highest BCUT2D eigenvalue weighted by molar-refractivity contribution is 5.86. The zero-order chi connectivity index (χ0) is 21.2. The van der Waals surface area contributed by atoms with Crippen molar-refractivity contribution in [2.24, 2.45) is 0 Å². The van der Waals surface area contributed by atoms with Crippen LogP contribution in [0.3, 0.4) is 0 Å². The van der Waals surface area contributed by atoms with Crippen molar-refractivity contribution in [3.05, 3.63) is 90.0 Å². The third-order valence-electron chi connectivity index (χ3n) is 5.73. The number of nitrogens with one attached hydrogen (secondary N) is 1. The molecule has 0 saturated carbocycles. The Hall–Kier alpha value is -3.70. The number of aromatic nitrogens is 2. The van der Waals surface area contributed by atoms with Gasteiger partial charge in [0.15, 0.2) is 0 Å². The van der Waals surface area contributed by atoms with E-state index in [9.17, 15) is 0 Å². The molecule has 1 atom stereocenters. The summed E-state index contributed by atoms with van der Waals surface area (Å²) in [5.41, 5.74) is 5.99. The van der Waals surface area contributed by atoms with Crippen molar-refractivity contribution in [2.45, 2.75) is 19.5 Å². The van der Waals surface area contributed by atoms with Crippen molar-refractivity contribution in [2.75, 3.05) is 7.11 Å². The van der Waals surface area contributed by atoms with Crippen LogP contribution >= 0.6 is 0 Å². The summed E-state index contributed by atoms with van der Waals surface area (Å²) < 4.78 is 10.4. The molecule has 0 aliphatic heterocycles. The molecule has 31 heavy (non-hydrogen) atoms. The SMILES string of the molecule is COc1ccc(CN[C@H](C)c2cccc3ccccc23)cc1-c1ccc2nonc2c1. The van der Waals surface area contributed by atoms with Gasteiger partial charge in [-0.2, -0.15) is 0 Å². The molecule has 4 aromatic carbocycles. The number of hydrogen-bond acceptors (Lipinski definition) is 5. The van der Waals surface area contributed by atoms with Crippen LogP contribution in [-0.2, 0) is 6.54 Å². The van der Waals surface area contributed by atoms with Gasteiger partial charge in [0.1, 0.15) is 16.8 Å². The minimum atomic E-state index is 0.217. The molecular formula is C26H23N3O2. The highest BCUT2D eigenvalue weighted by Crippen LogP contribution is 2.33. The highest BCUT2D eigenvalue weighted by atomic mass is 16.6. The molecule has 0 aliphatic rings. The van der Waals surface area contributed by atoms with Crippen LogP contribution in [0, 0.1) is 0 Å². The van der Waals surface area contributed by atoms with E-state index in [1.807, 2.05) is 24.3 Å². The molecule has 1 aromatic heterocycles. The van der Waals surface area contributed by atoms with Crippen molar-refractivity contribution >= 4 is 21.8 Å². The number of fused-ring (bicyclic) bond motifs is 2. The number of benzene rings is 4. The second-order valence-corrected chi connectivity index (χ2v) is 7.67. The minimum Gasteiger partial charge on any atom is -0.496 e. The summed E-state index contributed by atoms with van der Waals surface area (Å²) in [5.74, 6) is 0.821. The third-order valence-corrected chi connectivity index (χ3v) is 5.73. The quantitative estimate of drug-likeness (QED) is 0.378. The van der Waals surface area contributed by atoms with Crippen LogP contribution in [0.5, 0.6) is 5.75 Å². The summed E-state index contributed by atoms with van der Waals surface area (Å²) in [5, 5.41) is 14.1. The Morgan fingerprint density at radius 3 is 2.65 bits per heavy atom. The maximum atomic E-state index is 5.61. The fraction of sp³-hybridized carbons (Fsp3) is 0.154. The molecule has 0 unspecified atom stereocenters. The van der Waals surface area contributed by atoms with Crippen LogP contribution in [0.4, 0.5) is 0 Å². The molecule has 0 bridgehead atoms. The van der Waals surface area contributed by atoms with Crippen molar-refractivity contribution in [3.63, 3.8) is 0 Å². The van der Waals surface area contributed by atoms with Crippen LogP contribution in [0.15, 0.2) is 83.5 Å². The predicted octanol–water partition coefficient (Wildman–Crippen LogP) is 5.90. The number of ether oxygens (including phenoxy) is 1. The zero-order valence-corrected chi connectivity index (χ0v) is 17.5. The van der Waals surface area contributed by atoms with E-state index in [0.717, 1.165) is 34.5 Å². The minimum absolute atomic E-state index is 0.217. The number of nitrogens with zero attached hydrogens (tertiary/aromatic N) is 2. The second kappa shape index (κ2) is 8.20. The van der Waals surface area contributed by atoms with Gasteiger partial charge in [-0.05, 0) is 69.0 Å². The normalized spacial score (nSPS) is 12.3. The Labute approximate surface area is 180 Å². The fourth-order valence-corrected chi connectivity index (χ4v) is 4.05. The predicted molar refractivity (Wildman–Crippen MR) is 123 cm³/mol. The van der Waals surface area contributed by atoms with E-state index >= 15 is 0 Å². The lowest BCUT2D eigenvalue weighted by molar-refractivity contribution is 0.315. The van der Waals surface area contributed by atoms with Crippen molar-refractivity contribution in [1.29, 1.82) is 0 Å². The van der Waals surface area contributed by atoms with Crippen LogP contribution < -0.4 is 10.1 Å². The van der Waals surface area contributed by atoms with Crippen LogP contribution in [0.1, 0.15) is 24.1 Å². The third kappa shape index (κ3) is 3.76. The van der Waals surface area contributed by atoms with Gasteiger partial charge in [-0.25, -0.2) is 4.63 Å². The second-order valence-electron chi connectivity index (χ2n) is 7.67. The molecule has 5 heteroatoms. The lowest BCUT2D eigenvalue weighted by atomic mass is 9.99. The molecule has 5 nitrogen and oxygen atoms in total. The summed E-state index contributed by atoms with van der Waals surface area (Å²) in [7, 11) is 1.69. The van der Waals surface area contributed by atoms with Gasteiger partial charge in [0.05, 0.1) is 7.11 Å². The van der Waals surface area contributed by atoms with E-state index < -0.39 is 0 Å². The Kier molecular flexibility index (Phi) is 5.10. The molecular weight excluding hydrogens is 386 g/mol. The summed E-state index contributed by atoms with van der Waals surface area (Å²) in [4.78, 5) is 0. The Morgan fingerprint density at radius 1 is 0.903 bits per heavy atom. The van der Waals surface area contributed by atoms with Gasteiger partial charge >= 0.3 is 0 Å². The summed E-state index contributed by atoms with van der Waals surface area (Å²) in [6.45, 7) is 2.95. The van der Waals surface area contributed by atoms with E-state index in [1.54, 1.807) is 7.11 Å². The molecule has 0 fully saturated rings. The lowest BCUT2D eigenvalue weighted by Crippen LogP contribution is -2.18. The standard InChI is InChI=1S/C26H23N3O2/c1-17(21-9-5-7-19-6-3-4-8-22(19)21)27-16-18-10-13-26(30-2)23(14-18)20-11-12-24-25(15-20)29-31-28-24/h3-15,17,27H,16H2,1-2H3/t17-/m1/s1. The van der Waals surface area contributed by atoms with E-state index in [0.29, 0.717) is 0 Å². The van der Waals surface area contributed by atoms with Crippen LogP contribution in [0.2, 0.25) is 0 Å². The first kappa shape index (κ1) is 19.3. The van der Waals surface area contributed by atoms with E-state index in [1.165, 1.54) is 21.9 Å². The number of hydrogen-bond donors (Lipinski definition) is 1. The van der Waals surface area contributed by atoms with Gasteiger partial charge in [0, 0.05) is 18.2 Å². The number of methoxy groups -OCH3 is 1. The monoisotopic (exact) mass is 409 g/mol. The van der Waals surface area contributed by atoms with Gasteiger partial charge in [0.25, 0.3) is 0 Å². The average Bonchev–Trinajstić information content (AvgIpc) is 3.30. The van der Waals surface area contributed by atoms with Crippen molar-refractivity contribution in [3.8, 4) is 16.9 Å². The molecule has 0 radical (unpaired) electrons.